The fourth-order valence-electron chi connectivity index (χ4n) is 1.10. The third-order valence-corrected chi connectivity index (χ3v) is 2.41. The number of aromatic nitrogens is 2. The second kappa shape index (κ2) is 5.09. The van der Waals surface area contributed by atoms with Crippen molar-refractivity contribution in [3.63, 3.8) is 0 Å². The van der Waals surface area contributed by atoms with Crippen molar-refractivity contribution < 1.29 is 0 Å². The highest BCUT2D eigenvalue weighted by molar-refractivity contribution is 6.99. The lowest BCUT2D eigenvalue weighted by molar-refractivity contribution is 0.661. The van der Waals surface area contributed by atoms with Crippen molar-refractivity contribution in [1.82, 2.24) is 8.75 Å². The number of aryl methyl sites for hydroxylation is 1. The van der Waals surface area contributed by atoms with Crippen molar-refractivity contribution in [2.45, 2.75) is 39.0 Å². The average Bonchev–Trinajstić information content (AvgIpc) is 2.46. The first kappa shape index (κ1) is 9.45. The lowest BCUT2D eigenvalue weighted by atomic mass is 10.1. The molecule has 1 aromatic heterocycles. The number of H-pyrrole nitrogens is 1. The van der Waals surface area contributed by atoms with E-state index in [0.717, 1.165) is 24.6 Å². The molecule has 0 fully saturated rings. The van der Waals surface area contributed by atoms with Gasteiger partial charge in [0.1, 0.15) is 5.69 Å². The molecule has 0 aliphatic carbocycles. The predicted molar refractivity (Wildman–Crippen MR) is 50.6 cm³/mol. The molecule has 1 aromatic rings. The molecule has 0 amide bonds. The molecule has 68 valence electrons. The molecule has 1 rings (SSSR count). The van der Waals surface area contributed by atoms with Gasteiger partial charge in [-0.1, -0.05) is 26.2 Å². The normalized spacial score (nSPS) is 10.4. The maximum atomic E-state index is 11.0. The number of nitrogens with one attached hydrogen (secondary N) is 1. The van der Waals surface area contributed by atoms with Crippen LogP contribution in [-0.4, -0.2) is 8.75 Å². The molecule has 0 aromatic carbocycles. The number of hydrogen-bond donors (Lipinski definition) is 1. The van der Waals surface area contributed by atoms with Gasteiger partial charge in [0, 0.05) is 11.7 Å². The third kappa shape index (κ3) is 2.77. The molecule has 1 heterocycles. The zero-order chi connectivity index (χ0) is 8.81. The summed E-state index contributed by atoms with van der Waals surface area (Å²) in [7, 11) is 0. The lowest BCUT2D eigenvalue weighted by Gasteiger charge is -1.94. The number of nitrogens with zero attached hydrogens (tertiary/aromatic N) is 1. The molecule has 0 bridgehead atoms. The molecule has 0 spiro atoms. The van der Waals surface area contributed by atoms with Crippen LogP contribution in [0.5, 0.6) is 0 Å². The first-order chi connectivity index (χ1) is 5.84. The van der Waals surface area contributed by atoms with Crippen LogP contribution in [0.25, 0.3) is 0 Å². The van der Waals surface area contributed by atoms with Crippen LogP contribution in [0.1, 0.15) is 38.3 Å². The van der Waals surface area contributed by atoms with E-state index >= 15 is 0 Å². The topological polar surface area (TPSA) is 45.8 Å². The molecule has 4 heteroatoms. The smallest absolute Gasteiger partial charge is 0.267 e. The molecule has 3 nitrogen and oxygen atoms in total. The Morgan fingerprint density at radius 2 is 2.25 bits per heavy atom. The average molecular weight is 186 g/mol. The zero-order valence-electron chi connectivity index (χ0n) is 7.30. The predicted octanol–water partition coefficient (Wildman–Crippen LogP) is 1.95. The summed E-state index contributed by atoms with van der Waals surface area (Å²) >= 11 is 1.14. The molecule has 0 saturated carbocycles. The number of aromatic amines is 1. The lowest BCUT2D eigenvalue weighted by Crippen LogP contribution is -2.05. The van der Waals surface area contributed by atoms with Crippen LogP contribution in [0.15, 0.2) is 4.79 Å². The third-order valence-electron chi connectivity index (χ3n) is 1.82. The quantitative estimate of drug-likeness (QED) is 0.714. The Hall–Kier alpha value is -0.640. The molecule has 12 heavy (non-hydrogen) atoms. The van der Waals surface area contributed by atoms with Crippen molar-refractivity contribution in [2.75, 3.05) is 0 Å². The van der Waals surface area contributed by atoms with Crippen molar-refractivity contribution in [3.05, 3.63) is 16.0 Å². The summed E-state index contributed by atoms with van der Waals surface area (Å²) in [6, 6.07) is 0. The van der Waals surface area contributed by atoms with E-state index in [2.05, 4.69) is 15.7 Å². The summed E-state index contributed by atoms with van der Waals surface area (Å²) < 4.78 is 6.57. The van der Waals surface area contributed by atoms with Gasteiger partial charge in [0.15, 0.2) is 0 Å². The van der Waals surface area contributed by atoms with E-state index in [4.69, 9.17) is 0 Å². The second-order valence-corrected chi connectivity index (χ2v) is 3.44. The summed E-state index contributed by atoms with van der Waals surface area (Å²) in [5, 5.41) is 0. The van der Waals surface area contributed by atoms with Crippen molar-refractivity contribution >= 4 is 11.7 Å². The van der Waals surface area contributed by atoms with Gasteiger partial charge in [0.05, 0.1) is 0 Å². The van der Waals surface area contributed by atoms with Gasteiger partial charge in [0.2, 0.25) is 0 Å². The van der Waals surface area contributed by atoms with Crippen molar-refractivity contribution in [1.29, 1.82) is 0 Å². The molecular weight excluding hydrogens is 172 g/mol. The first-order valence-corrected chi connectivity index (χ1v) is 5.15. The zero-order valence-corrected chi connectivity index (χ0v) is 8.12. The fourth-order valence-corrected chi connectivity index (χ4v) is 1.63. The molecule has 0 unspecified atom stereocenters. The van der Waals surface area contributed by atoms with E-state index in [0.29, 0.717) is 5.69 Å². The van der Waals surface area contributed by atoms with Crippen LogP contribution in [-0.2, 0) is 6.42 Å². The first-order valence-electron chi connectivity index (χ1n) is 4.38. The second-order valence-electron chi connectivity index (χ2n) is 2.87. The van der Waals surface area contributed by atoms with E-state index in [1.165, 1.54) is 19.3 Å². The Kier molecular flexibility index (Phi) is 4.00. The molecule has 1 N–H and O–H groups in total. The summed E-state index contributed by atoms with van der Waals surface area (Å²) in [5.41, 5.74) is 0.701. The summed E-state index contributed by atoms with van der Waals surface area (Å²) in [4.78, 5) is 11.0. The fraction of sp³-hybridized carbons (Fsp3) is 0.750. The number of hydrogen-bond acceptors (Lipinski definition) is 3. The molecule has 0 atom stereocenters. The van der Waals surface area contributed by atoms with Gasteiger partial charge in [-0.25, -0.2) is 0 Å². The van der Waals surface area contributed by atoms with E-state index in [1.54, 1.807) is 0 Å². The van der Waals surface area contributed by atoms with Crippen LogP contribution in [0, 0.1) is 0 Å². The summed E-state index contributed by atoms with van der Waals surface area (Å²) in [6.07, 6.45) is 5.60. The van der Waals surface area contributed by atoms with Gasteiger partial charge in [-0.3, -0.25) is 9.17 Å². The van der Waals surface area contributed by atoms with Gasteiger partial charge >= 0.3 is 0 Å². The number of unbranched alkanes of at least 4 members (excludes halogenated alkanes) is 3. The van der Waals surface area contributed by atoms with Gasteiger partial charge < -0.3 is 0 Å². The highest BCUT2D eigenvalue weighted by Gasteiger charge is 2.00. The highest BCUT2D eigenvalue weighted by atomic mass is 32.1. The van der Waals surface area contributed by atoms with Crippen LogP contribution in [0.4, 0.5) is 0 Å². The monoisotopic (exact) mass is 186 g/mol. The Morgan fingerprint density at radius 1 is 1.42 bits per heavy atom. The van der Waals surface area contributed by atoms with Gasteiger partial charge in [-0.2, -0.15) is 4.37 Å². The Morgan fingerprint density at radius 3 is 2.83 bits per heavy atom. The Labute approximate surface area is 76.1 Å². The van der Waals surface area contributed by atoms with Crippen LogP contribution in [0.3, 0.4) is 0 Å². The SMILES string of the molecule is CCCCCCc1ns[nH]c1=O. The van der Waals surface area contributed by atoms with Crippen molar-refractivity contribution in [3.8, 4) is 0 Å². The molecule has 0 radical (unpaired) electrons. The summed E-state index contributed by atoms with van der Waals surface area (Å²) in [6.45, 7) is 2.18. The van der Waals surface area contributed by atoms with E-state index in [9.17, 15) is 4.79 Å². The largest absolute Gasteiger partial charge is 0.281 e. The standard InChI is InChI=1S/C8H14N2OS/c1-2-3-4-5-6-7-8(11)10-12-9-7/h2-6H2,1H3,(H,10,11). The van der Waals surface area contributed by atoms with Gasteiger partial charge in [-0.05, 0) is 12.8 Å². The van der Waals surface area contributed by atoms with Crippen molar-refractivity contribution in [2.24, 2.45) is 0 Å². The summed E-state index contributed by atoms with van der Waals surface area (Å²) in [5.74, 6) is 0. The molecular formula is C8H14N2OS. The van der Waals surface area contributed by atoms with Gasteiger partial charge in [0.25, 0.3) is 5.56 Å². The van der Waals surface area contributed by atoms with Crippen LogP contribution >= 0.6 is 11.7 Å². The van der Waals surface area contributed by atoms with E-state index in [1.807, 2.05) is 0 Å². The minimum Gasteiger partial charge on any atom is -0.267 e. The molecule has 0 aliphatic heterocycles. The Balaban J connectivity index is 2.24. The molecule has 0 saturated heterocycles. The van der Waals surface area contributed by atoms with Crippen LogP contribution in [0.2, 0.25) is 0 Å². The number of rotatable bonds is 5. The maximum absolute atomic E-state index is 11.0. The van der Waals surface area contributed by atoms with E-state index in [-0.39, 0.29) is 5.56 Å². The highest BCUT2D eigenvalue weighted by Crippen LogP contribution is 2.02. The van der Waals surface area contributed by atoms with Crippen LogP contribution < -0.4 is 5.56 Å². The minimum atomic E-state index is -0.00324. The maximum Gasteiger partial charge on any atom is 0.281 e. The van der Waals surface area contributed by atoms with Gasteiger partial charge in [-0.15, -0.1) is 0 Å². The minimum absolute atomic E-state index is 0.00324. The Bertz CT molecular complexity index is 266. The molecule has 0 aliphatic rings. The van der Waals surface area contributed by atoms with E-state index < -0.39 is 0 Å².